The molecule has 0 aromatic heterocycles. The average molecular weight is 200 g/mol. The Labute approximate surface area is 77.0 Å². The van der Waals surface area contributed by atoms with Crippen molar-refractivity contribution < 1.29 is 23.1 Å². The van der Waals surface area contributed by atoms with Crippen molar-refractivity contribution in [3.05, 3.63) is 34.6 Å². The van der Waals surface area contributed by atoms with Gasteiger partial charge in [-0.1, -0.05) is 5.92 Å². The molecule has 1 aromatic rings. The predicted molar refractivity (Wildman–Crippen MR) is 41.2 cm³/mol. The highest BCUT2D eigenvalue weighted by atomic mass is 19.2. The zero-order chi connectivity index (χ0) is 10.9. The van der Waals surface area contributed by atoms with E-state index in [1.165, 1.54) is 0 Å². The molecule has 0 amide bonds. The van der Waals surface area contributed by atoms with Gasteiger partial charge in [0.05, 0.1) is 11.1 Å². The van der Waals surface area contributed by atoms with Gasteiger partial charge in [-0.05, 0) is 6.07 Å². The van der Waals surface area contributed by atoms with Gasteiger partial charge in [-0.2, -0.15) is 0 Å². The van der Waals surface area contributed by atoms with Crippen LogP contribution >= 0.6 is 0 Å². The molecular formula is C9H3F3O2. The fourth-order valence-corrected chi connectivity index (χ4v) is 0.886. The van der Waals surface area contributed by atoms with Crippen molar-refractivity contribution in [3.8, 4) is 12.3 Å². The summed E-state index contributed by atoms with van der Waals surface area (Å²) >= 11 is 0. The van der Waals surface area contributed by atoms with Gasteiger partial charge >= 0.3 is 5.97 Å². The molecule has 0 aliphatic carbocycles. The van der Waals surface area contributed by atoms with E-state index in [0.717, 1.165) is 0 Å². The highest BCUT2D eigenvalue weighted by Gasteiger charge is 2.20. The number of benzene rings is 1. The minimum Gasteiger partial charge on any atom is -0.478 e. The third kappa shape index (κ3) is 1.42. The molecule has 0 bridgehead atoms. The number of aromatic carboxylic acids is 1. The van der Waals surface area contributed by atoms with Crippen LogP contribution in [-0.2, 0) is 0 Å². The Balaban J connectivity index is 3.61. The molecule has 72 valence electrons. The summed E-state index contributed by atoms with van der Waals surface area (Å²) in [4.78, 5) is 10.4. The zero-order valence-electron chi connectivity index (χ0n) is 6.64. The summed E-state index contributed by atoms with van der Waals surface area (Å²) in [5, 5.41) is 8.40. The molecule has 1 rings (SSSR count). The average Bonchev–Trinajstić information content (AvgIpc) is 2.12. The lowest BCUT2D eigenvalue weighted by Gasteiger charge is -2.02. The number of hydrogen-bond acceptors (Lipinski definition) is 1. The molecule has 0 aliphatic heterocycles. The number of carboxylic acids is 1. The van der Waals surface area contributed by atoms with E-state index in [1.807, 2.05) is 0 Å². The van der Waals surface area contributed by atoms with Crippen molar-refractivity contribution in [3.63, 3.8) is 0 Å². The van der Waals surface area contributed by atoms with Gasteiger partial charge in [0.1, 0.15) is 0 Å². The van der Waals surface area contributed by atoms with E-state index >= 15 is 0 Å². The lowest BCUT2D eigenvalue weighted by Crippen LogP contribution is -2.06. The van der Waals surface area contributed by atoms with E-state index in [0.29, 0.717) is 0 Å². The minimum atomic E-state index is -1.71. The fourth-order valence-electron chi connectivity index (χ4n) is 0.886. The highest BCUT2D eigenvalue weighted by molar-refractivity contribution is 5.88. The maximum atomic E-state index is 13.0. The first-order chi connectivity index (χ1) is 6.49. The van der Waals surface area contributed by atoms with Crippen LogP contribution in [0.1, 0.15) is 15.9 Å². The largest absolute Gasteiger partial charge is 0.478 e. The SMILES string of the molecule is C#Cc1c(F)c(F)cc(C(=O)O)c1F. The van der Waals surface area contributed by atoms with E-state index in [4.69, 9.17) is 11.5 Å². The fraction of sp³-hybridized carbons (Fsp3) is 0. The number of hydrogen-bond donors (Lipinski definition) is 1. The van der Waals surface area contributed by atoms with E-state index in [-0.39, 0.29) is 6.07 Å². The van der Waals surface area contributed by atoms with Gasteiger partial charge in [0.2, 0.25) is 0 Å². The summed E-state index contributed by atoms with van der Waals surface area (Å²) in [5.41, 5.74) is -2.00. The third-order valence-electron chi connectivity index (χ3n) is 1.53. The van der Waals surface area contributed by atoms with Crippen LogP contribution in [0.3, 0.4) is 0 Å². The Morgan fingerprint density at radius 2 is 1.93 bits per heavy atom. The Morgan fingerprint density at radius 3 is 2.36 bits per heavy atom. The van der Waals surface area contributed by atoms with E-state index in [9.17, 15) is 18.0 Å². The van der Waals surface area contributed by atoms with Gasteiger partial charge < -0.3 is 5.11 Å². The Morgan fingerprint density at radius 1 is 1.36 bits per heavy atom. The van der Waals surface area contributed by atoms with Crippen LogP contribution in [0.4, 0.5) is 13.2 Å². The van der Waals surface area contributed by atoms with Crippen molar-refractivity contribution in [2.45, 2.75) is 0 Å². The predicted octanol–water partition coefficient (Wildman–Crippen LogP) is 1.78. The molecule has 0 fully saturated rings. The second-order valence-corrected chi connectivity index (χ2v) is 2.36. The third-order valence-corrected chi connectivity index (χ3v) is 1.53. The highest BCUT2D eigenvalue weighted by Crippen LogP contribution is 2.19. The maximum absolute atomic E-state index is 13.0. The minimum absolute atomic E-state index is 0.244. The summed E-state index contributed by atoms with van der Waals surface area (Å²) in [7, 11) is 0. The zero-order valence-corrected chi connectivity index (χ0v) is 6.64. The molecule has 5 heteroatoms. The Kier molecular flexibility index (Phi) is 2.47. The summed E-state index contributed by atoms with van der Waals surface area (Å²) in [6.07, 6.45) is 4.70. The van der Waals surface area contributed by atoms with Crippen LogP contribution in [0, 0.1) is 29.8 Å². The first kappa shape index (κ1) is 10.1. The number of carboxylic acid groups (broad SMARTS) is 1. The molecule has 1 aromatic carbocycles. The van der Waals surface area contributed by atoms with Crippen LogP contribution in [0.2, 0.25) is 0 Å². The molecule has 0 saturated carbocycles. The standard InChI is InChI=1S/C9H3F3O2/c1-2-4-7(11)5(9(13)14)3-6(10)8(4)12/h1,3H,(H,13,14). The normalized spacial score (nSPS) is 9.57. The molecule has 1 N–H and O–H groups in total. The molecule has 0 heterocycles. The van der Waals surface area contributed by atoms with E-state index in [1.54, 1.807) is 5.92 Å². The number of terminal acetylenes is 1. The Bertz CT molecular complexity index is 446. The molecule has 0 radical (unpaired) electrons. The molecule has 2 nitrogen and oxygen atoms in total. The molecule has 0 aliphatic rings. The van der Waals surface area contributed by atoms with Crippen LogP contribution in [0.25, 0.3) is 0 Å². The molecule has 0 saturated heterocycles. The van der Waals surface area contributed by atoms with Gasteiger partial charge in [0, 0.05) is 0 Å². The molecular weight excluding hydrogens is 197 g/mol. The van der Waals surface area contributed by atoms with Gasteiger partial charge in [-0.25, -0.2) is 18.0 Å². The Hall–Kier alpha value is -1.96. The smallest absolute Gasteiger partial charge is 0.338 e. The van der Waals surface area contributed by atoms with Crippen LogP contribution in [-0.4, -0.2) is 11.1 Å². The maximum Gasteiger partial charge on any atom is 0.338 e. The second kappa shape index (κ2) is 3.42. The number of rotatable bonds is 1. The molecule has 0 atom stereocenters. The van der Waals surface area contributed by atoms with Gasteiger partial charge in [0.25, 0.3) is 0 Å². The summed E-state index contributed by atoms with van der Waals surface area (Å²) in [6.45, 7) is 0. The summed E-state index contributed by atoms with van der Waals surface area (Å²) < 4.78 is 38.5. The topological polar surface area (TPSA) is 37.3 Å². The van der Waals surface area contributed by atoms with Crippen LogP contribution < -0.4 is 0 Å². The van der Waals surface area contributed by atoms with Crippen molar-refractivity contribution in [2.24, 2.45) is 0 Å². The van der Waals surface area contributed by atoms with Crippen LogP contribution in [0.5, 0.6) is 0 Å². The van der Waals surface area contributed by atoms with Crippen molar-refractivity contribution in [2.75, 3.05) is 0 Å². The summed E-state index contributed by atoms with van der Waals surface area (Å²) in [5.74, 6) is -4.66. The summed E-state index contributed by atoms with van der Waals surface area (Å²) in [6, 6.07) is 0.244. The van der Waals surface area contributed by atoms with E-state index in [2.05, 4.69) is 0 Å². The van der Waals surface area contributed by atoms with Crippen molar-refractivity contribution in [1.82, 2.24) is 0 Å². The van der Waals surface area contributed by atoms with Crippen molar-refractivity contribution >= 4 is 5.97 Å². The number of halogens is 3. The molecule has 0 unspecified atom stereocenters. The molecule has 0 spiro atoms. The van der Waals surface area contributed by atoms with Gasteiger partial charge in [-0.3, -0.25) is 0 Å². The van der Waals surface area contributed by atoms with Crippen molar-refractivity contribution in [1.29, 1.82) is 0 Å². The van der Waals surface area contributed by atoms with Gasteiger partial charge in [0.15, 0.2) is 17.5 Å². The van der Waals surface area contributed by atoms with Gasteiger partial charge in [-0.15, -0.1) is 6.42 Å². The first-order valence-corrected chi connectivity index (χ1v) is 3.36. The van der Waals surface area contributed by atoms with E-state index < -0.39 is 34.5 Å². The quantitative estimate of drug-likeness (QED) is 0.554. The lowest BCUT2D eigenvalue weighted by molar-refractivity contribution is 0.0691. The molecule has 14 heavy (non-hydrogen) atoms. The monoisotopic (exact) mass is 200 g/mol. The second-order valence-electron chi connectivity index (χ2n) is 2.36. The first-order valence-electron chi connectivity index (χ1n) is 3.36. The lowest BCUT2D eigenvalue weighted by atomic mass is 10.1. The number of carbonyl (C=O) groups is 1. The van der Waals surface area contributed by atoms with Crippen LogP contribution in [0.15, 0.2) is 6.07 Å².